The van der Waals surface area contributed by atoms with Crippen molar-refractivity contribution in [3.8, 4) is 0 Å². The lowest BCUT2D eigenvalue weighted by Gasteiger charge is -2.45. The average Bonchev–Trinajstić information content (AvgIpc) is 2.93. The number of esters is 5. The second kappa shape index (κ2) is 20.2. The van der Waals surface area contributed by atoms with Crippen molar-refractivity contribution in [2.75, 3.05) is 46.8 Å². The Morgan fingerprint density at radius 2 is 1.39 bits per heavy atom. The molecule has 1 heterocycles. The summed E-state index contributed by atoms with van der Waals surface area (Å²) in [4.78, 5) is 73.0. The highest BCUT2D eigenvalue weighted by Crippen LogP contribution is 2.31. The summed E-state index contributed by atoms with van der Waals surface area (Å²) in [5.74, 6) is -4.16. The quantitative estimate of drug-likeness (QED) is 0.0907. The Bertz CT molecular complexity index is 987. The Morgan fingerprint density at radius 1 is 0.795 bits per heavy atom. The zero-order valence-electron chi connectivity index (χ0n) is 25.6. The molecule has 0 radical (unpaired) electrons. The Kier molecular flexibility index (Phi) is 17.6. The fourth-order valence-corrected chi connectivity index (χ4v) is 3.79. The fourth-order valence-electron chi connectivity index (χ4n) is 3.79. The largest absolute Gasteiger partial charge is 0.463 e. The van der Waals surface area contributed by atoms with Crippen LogP contribution in [0.2, 0.25) is 0 Å². The summed E-state index contributed by atoms with van der Waals surface area (Å²) in [6.07, 6.45) is -8.39. The van der Waals surface area contributed by atoms with Crippen molar-refractivity contribution in [1.82, 2.24) is 5.32 Å². The maximum Gasteiger partial charge on any atom is 0.408 e. The molecule has 0 saturated carbocycles. The maximum atomic E-state index is 13.0. The minimum Gasteiger partial charge on any atom is -0.463 e. The van der Waals surface area contributed by atoms with Gasteiger partial charge in [-0.2, -0.15) is 0 Å². The second-order valence-corrected chi connectivity index (χ2v) is 9.19. The van der Waals surface area contributed by atoms with Gasteiger partial charge in [0.05, 0.1) is 25.9 Å². The lowest BCUT2D eigenvalue weighted by molar-refractivity contribution is -0.317. The number of rotatable bonds is 18. The van der Waals surface area contributed by atoms with Crippen LogP contribution in [0.1, 0.15) is 34.6 Å². The van der Waals surface area contributed by atoms with E-state index < -0.39 is 85.4 Å². The third-order valence-electron chi connectivity index (χ3n) is 5.53. The van der Waals surface area contributed by atoms with Gasteiger partial charge in [-0.25, -0.2) is 9.59 Å². The van der Waals surface area contributed by atoms with E-state index >= 15 is 0 Å². The molecule has 17 heteroatoms. The number of methoxy groups -OCH3 is 1. The van der Waals surface area contributed by atoms with Crippen LogP contribution in [0.15, 0.2) is 12.7 Å². The van der Waals surface area contributed by atoms with E-state index in [2.05, 4.69) is 11.9 Å². The molecule has 0 unspecified atom stereocenters. The van der Waals surface area contributed by atoms with Gasteiger partial charge in [0, 0.05) is 34.8 Å². The third kappa shape index (κ3) is 14.1. The second-order valence-electron chi connectivity index (χ2n) is 9.19. The lowest BCUT2D eigenvalue weighted by Crippen LogP contribution is -2.64. The van der Waals surface area contributed by atoms with Gasteiger partial charge in [-0.1, -0.05) is 12.7 Å². The molecule has 0 aromatic heterocycles. The zero-order valence-corrected chi connectivity index (χ0v) is 25.6. The molecule has 1 N–H and O–H groups in total. The lowest BCUT2D eigenvalue weighted by atomic mass is 9.98. The maximum absolute atomic E-state index is 13.0. The molecule has 1 aliphatic rings. The van der Waals surface area contributed by atoms with Crippen molar-refractivity contribution in [2.45, 2.75) is 77.5 Å². The molecule has 0 aromatic carbocycles. The van der Waals surface area contributed by atoms with Crippen LogP contribution in [-0.2, 0) is 71.3 Å². The Labute approximate surface area is 254 Å². The van der Waals surface area contributed by atoms with Crippen LogP contribution in [0.4, 0.5) is 4.79 Å². The van der Waals surface area contributed by atoms with E-state index in [4.69, 9.17) is 47.4 Å². The van der Waals surface area contributed by atoms with E-state index in [1.807, 2.05) is 0 Å². The number of ether oxygens (including phenoxy) is 10. The van der Waals surface area contributed by atoms with Gasteiger partial charge in [-0.3, -0.25) is 19.2 Å². The summed E-state index contributed by atoms with van der Waals surface area (Å²) in [7, 11) is 1.50. The van der Waals surface area contributed by atoms with Crippen LogP contribution in [0.25, 0.3) is 0 Å². The highest BCUT2D eigenvalue weighted by molar-refractivity contribution is 5.82. The third-order valence-corrected chi connectivity index (χ3v) is 5.53. The molecule has 1 saturated heterocycles. The SMILES string of the molecule is C=CCOC(=O)N[C@H](C(=O)OCCOCCOC)[C@@H](C)O[C@@H]1O[C@H](COC(C)=O)[C@@H](OC(C)=O)[C@H](OC(C)=O)[C@H]1OC(C)=O. The van der Waals surface area contributed by atoms with Gasteiger partial charge in [0.25, 0.3) is 0 Å². The molecular formula is C27H41NO16. The van der Waals surface area contributed by atoms with Crippen molar-refractivity contribution in [3.05, 3.63) is 12.7 Å². The van der Waals surface area contributed by atoms with Gasteiger partial charge in [-0.05, 0) is 6.92 Å². The summed E-state index contributed by atoms with van der Waals surface area (Å²) < 4.78 is 53.2. The average molecular weight is 636 g/mol. The number of carbonyl (C=O) groups is 6. The van der Waals surface area contributed by atoms with Crippen molar-refractivity contribution in [1.29, 1.82) is 0 Å². The molecule has 250 valence electrons. The first-order valence-corrected chi connectivity index (χ1v) is 13.5. The van der Waals surface area contributed by atoms with Gasteiger partial charge in [0.1, 0.15) is 25.9 Å². The molecule has 7 atom stereocenters. The van der Waals surface area contributed by atoms with Crippen molar-refractivity contribution in [2.24, 2.45) is 0 Å². The summed E-state index contributed by atoms with van der Waals surface area (Å²) in [6.45, 7) is 8.90. The van der Waals surface area contributed by atoms with Crippen LogP contribution >= 0.6 is 0 Å². The Morgan fingerprint density at radius 3 is 1.95 bits per heavy atom. The Hall–Kier alpha value is -3.80. The summed E-state index contributed by atoms with van der Waals surface area (Å²) in [5.41, 5.74) is 0. The molecule has 0 bridgehead atoms. The van der Waals surface area contributed by atoms with Gasteiger partial charge >= 0.3 is 35.9 Å². The number of alkyl carbamates (subject to hydrolysis) is 1. The molecule has 0 spiro atoms. The molecule has 0 aromatic rings. The molecular weight excluding hydrogens is 594 g/mol. The van der Waals surface area contributed by atoms with Crippen molar-refractivity contribution < 1.29 is 76.1 Å². The normalized spacial score (nSPS) is 22.4. The van der Waals surface area contributed by atoms with E-state index in [1.165, 1.54) is 20.1 Å². The van der Waals surface area contributed by atoms with Gasteiger partial charge in [-0.15, -0.1) is 0 Å². The van der Waals surface area contributed by atoms with Gasteiger partial charge in [0.2, 0.25) is 0 Å². The molecule has 1 aliphatic heterocycles. The number of amides is 1. The summed E-state index contributed by atoms with van der Waals surface area (Å²) in [6, 6.07) is -1.52. The molecule has 44 heavy (non-hydrogen) atoms. The predicted molar refractivity (Wildman–Crippen MR) is 145 cm³/mol. The van der Waals surface area contributed by atoms with Crippen LogP contribution in [-0.4, -0.2) is 126 Å². The van der Waals surface area contributed by atoms with E-state index in [-0.39, 0.29) is 26.4 Å². The van der Waals surface area contributed by atoms with E-state index in [9.17, 15) is 28.8 Å². The topological polar surface area (TPSA) is 207 Å². The molecule has 1 fully saturated rings. The Balaban J connectivity index is 3.35. The van der Waals surface area contributed by atoms with E-state index in [1.54, 1.807) is 0 Å². The first-order valence-electron chi connectivity index (χ1n) is 13.5. The highest BCUT2D eigenvalue weighted by Gasteiger charge is 2.53. The highest BCUT2D eigenvalue weighted by atomic mass is 16.7. The fraction of sp³-hybridized carbons (Fsp3) is 0.704. The van der Waals surface area contributed by atoms with Crippen LogP contribution in [0.5, 0.6) is 0 Å². The number of hydrogen-bond acceptors (Lipinski definition) is 16. The van der Waals surface area contributed by atoms with Crippen molar-refractivity contribution in [3.63, 3.8) is 0 Å². The van der Waals surface area contributed by atoms with E-state index in [0.29, 0.717) is 6.61 Å². The zero-order chi connectivity index (χ0) is 33.2. The van der Waals surface area contributed by atoms with Crippen LogP contribution in [0.3, 0.4) is 0 Å². The summed E-state index contributed by atoms with van der Waals surface area (Å²) in [5, 5.41) is 2.33. The minimum absolute atomic E-state index is 0.0255. The number of nitrogens with one attached hydrogen (secondary N) is 1. The predicted octanol–water partition coefficient (Wildman–Crippen LogP) is -0.0384. The molecule has 1 rings (SSSR count). The monoisotopic (exact) mass is 635 g/mol. The molecule has 17 nitrogen and oxygen atoms in total. The molecule has 0 aliphatic carbocycles. The smallest absolute Gasteiger partial charge is 0.408 e. The van der Waals surface area contributed by atoms with E-state index in [0.717, 1.165) is 27.7 Å². The first kappa shape index (κ1) is 38.2. The standard InChI is InChI=1S/C27H41NO16/c1-8-9-38-27(34)28-21(25(33)37-13-12-36-11-10-35-7)15(2)40-26-24(43-19(6)32)23(42-18(5)31)22(41-17(4)30)20(44-26)14-39-16(3)29/h8,15,20-24,26H,1,9-14H2,2-7H3,(H,28,34)/t15-,20-,21+,22-,23+,24-,26-/m1/s1. The summed E-state index contributed by atoms with van der Waals surface area (Å²) >= 11 is 0. The van der Waals surface area contributed by atoms with Gasteiger partial charge < -0.3 is 52.7 Å². The number of hydrogen-bond donors (Lipinski definition) is 1. The van der Waals surface area contributed by atoms with Crippen molar-refractivity contribution >= 4 is 35.9 Å². The number of carbonyl (C=O) groups excluding carboxylic acids is 6. The minimum atomic E-state index is -1.62. The first-order chi connectivity index (χ1) is 20.8. The van der Waals surface area contributed by atoms with Gasteiger partial charge in [0.15, 0.2) is 30.6 Å². The van der Waals surface area contributed by atoms with Crippen LogP contribution in [0, 0.1) is 0 Å². The van der Waals surface area contributed by atoms with Crippen LogP contribution < -0.4 is 5.32 Å². The molecule has 1 amide bonds.